The molecule has 1 rings (SSSR count). The van der Waals surface area contributed by atoms with Crippen LogP contribution in [0.15, 0.2) is 18.7 Å². The number of carbonyl (C=O) groups excluding carboxylic acids is 1. The number of hydrogen-bond donors (Lipinski definition) is 2. The van der Waals surface area contributed by atoms with Gasteiger partial charge < -0.3 is 19.9 Å². The lowest BCUT2D eigenvalue weighted by molar-refractivity contribution is -0.120. The van der Waals surface area contributed by atoms with Gasteiger partial charge in [-0.3, -0.25) is 4.79 Å². The largest absolute Gasteiger partial charge is 0.383 e. The van der Waals surface area contributed by atoms with E-state index >= 15 is 0 Å². The Morgan fingerprint density at radius 3 is 3.00 bits per heavy atom. The molecular weight excluding hydrogens is 232 g/mol. The summed E-state index contributed by atoms with van der Waals surface area (Å²) in [5.41, 5.74) is 0. The van der Waals surface area contributed by atoms with Gasteiger partial charge >= 0.3 is 0 Å². The summed E-state index contributed by atoms with van der Waals surface area (Å²) in [5, 5.41) is 5.87. The molecule has 0 aliphatic heterocycles. The molecule has 1 heterocycles. The fraction of sp³-hybridized carbons (Fsp3) is 0.667. The number of ether oxygens (including phenoxy) is 1. The molecule has 6 nitrogen and oxygen atoms in total. The minimum Gasteiger partial charge on any atom is -0.383 e. The average Bonchev–Trinajstić information content (AvgIpc) is 2.87. The lowest BCUT2D eigenvalue weighted by Gasteiger charge is -2.06. The number of nitrogens with zero attached hydrogens (tertiary/aromatic N) is 2. The van der Waals surface area contributed by atoms with Crippen LogP contribution < -0.4 is 10.6 Å². The summed E-state index contributed by atoms with van der Waals surface area (Å²) in [4.78, 5) is 15.3. The maximum absolute atomic E-state index is 11.3. The summed E-state index contributed by atoms with van der Waals surface area (Å²) in [6, 6.07) is 0. The Balaban J connectivity index is 1.87. The van der Waals surface area contributed by atoms with E-state index in [1.807, 2.05) is 12.5 Å². The topological polar surface area (TPSA) is 68.2 Å². The predicted octanol–water partition coefficient (Wildman–Crippen LogP) is 0.0155. The predicted molar refractivity (Wildman–Crippen MR) is 69.2 cm³/mol. The van der Waals surface area contributed by atoms with Crippen molar-refractivity contribution in [3.05, 3.63) is 18.7 Å². The smallest absolute Gasteiger partial charge is 0.234 e. The zero-order valence-electron chi connectivity index (χ0n) is 10.9. The third-order valence-electron chi connectivity index (χ3n) is 2.49. The van der Waals surface area contributed by atoms with E-state index in [9.17, 15) is 4.79 Å². The van der Waals surface area contributed by atoms with E-state index in [0.717, 1.165) is 25.9 Å². The number of methoxy groups -OCH3 is 1. The van der Waals surface area contributed by atoms with Crippen LogP contribution >= 0.6 is 0 Å². The monoisotopic (exact) mass is 254 g/mol. The SMILES string of the molecule is COCCNC(=O)CNCCCCn1ccnc1. The van der Waals surface area contributed by atoms with Gasteiger partial charge in [0.2, 0.25) is 5.91 Å². The quantitative estimate of drug-likeness (QED) is 0.577. The Morgan fingerprint density at radius 1 is 1.39 bits per heavy atom. The molecule has 0 spiro atoms. The van der Waals surface area contributed by atoms with Crippen LogP contribution in [0, 0.1) is 0 Å². The van der Waals surface area contributed by atoms with Gasteiger partial charge in [0.15, 0.2) is 0 Å². The third-order valence-corrected chi connectivity index (χ3v) is 2.49. The molecule has 0 bridgehead atoms. The van der Waals surface area contributed by atoms with Crippen molar-refractivity contribution >= 4 is 5.91 Å². The number of rotatable bonds is 10. The molecule has 2 N–H and O–H groups in total. The Morgan fingerprint density at radius 2 is 2.28 bits per heavy atom. The number of aromatic nitrogens is 2. The third kappa shape index (κ3) is 7.03. The maximum atomic E-state index is 11.3. The molecule has 0 aliphatic carbocycles. The van der Waals surface area contributed by atoms with Crippen molar-refractivity contribution in [2.45, 2.75) is 19.4 Å². The molecule has 18 heavy (non-hydrogen) atoms. The fourth-order valence-electron chi connectivity index (χ4n) is 1.52. The van der Waals surface area contributed by atoms with E-state index in [-0.39, 0.29) is 5.91 Å². The Kier molecular flexibility index (Phi) is 7.83. The van der Waals surface area contributed by atoms with Crippen LogP contribution in [0.1, 0.15) is 12.8 Å². The zero-order valence-corrected chi connectivity index (χ0v) is 10.9. The van der Waals surface area contributed by atoms with E-state index in [1.54, 1.807) is 13.3 Å². The first-order valence-corrected chi connectivity index (χ1v) is 6.25. The van der Waals surface area contributed by atoms with Gasteiger partial charge in [-0.05, 0) is 19.4 Å². The van der Waals surface area contributed by atoms with Crippen LogP contribution in [0.2, 0.25) is 0 Å². The first-order valence-electron chi connectivity index (χ1n) is 6.25. The number of unbranched alkanes of at least 4 members (excludes halogenated alkanes) is 1. The van der Waals surface area contributed by atoms with E-state index in [0.29, 0.717) is 19.7 Å². The van der Waals surface area contributed by atoms with Crippen LogP contribution in [-0.4, -0.2) is 48.8 Å². The molecule has 1 amide bonds. The molecule has 102 valence electrons. The summed E-state index contributed by atoms with van der Waals surface area (Å²) < 4.78 is 6.90. The molecule has 1 aromatic rings. The van der Waals surface area contributed by atoms with Crippen molar-refractivity contribution < 1.29 is 9.53 Å². The van der Waals surface area contributed by atoms with E-state index in [1.165, 1.54) is 0 Å². The molecule has 0 radical (unpaired) electrons. The van der Waals surface area contributed by atoms with Crippen LogP contribution in [0.4, 0.5) is 0 Å². The second kappa shape index (κ2) is 9.61. The molecular formula is C12H22N4O2. The molecule has 0 saturated carbocycles. The van der Waals surface area contributed by atoms with Gasteiger partial charge in [-0.2, -0.15) is 0 Å². The number of hydrogen-bond acceptors (Lipinski definition) is 4. The van der Waals surface area contributed by atoms with Crippen molar-refractivity contribution in [2.24, 2.45) is 0 Å². The van der Waals surface area contributed by atoms with Gasteiger partial charge in [0, 0.05) is 32.6 Å². The molecule has 0 atom stereocenters. The van der Waals surface area contributed by atoms with Gasteiger partial charge in [0.25, 0.3) is 0 Å². The van der Waals surface area contributed by atoms with E-state index in [4.69, 9.17) is 4.74 Å². The Hall–Kier alpha value is -1.40. The summed E-state index contributed by atoms with van der Waals surface area (Å²) in [6.07, 6.45) is 7.67. The van der Waals surface area contributed by atoms with Gasteiger partial charge in [-0.1, -0.05) is 0 Å². The highest BCUT2D eigenvalue weighted by molar-refractivity contribution is 5.77. The standard InChI is InChI=1S/C12H22N4O2/c1-18-9-6-15-12(17)10-13-4-2-3-7-16-8-5-14-11-16/h5,8,11,13H,2-4,6-7,9-10H2,1H3,(H,15,17). The molecule has 6 heteroatoms. The minimum atomic E-state index is 0.0154. The Bertz CT molecular complexity index is 314. The molecule has 0 unspecified atom stereocenters. The summed E-state index contributed by atoms with van der Waals surface area (Å²) >= 11 is 0. The summed E-state index contributed by atoms with van der Waals surface area (Å²) in [7, 11) is 1.62. The lowest BCUT2D eigenvalue weighted by Crippen LogP contribution is -2.35. The molecule has 0 aliphatic rings. The zero-order chi connectivity index (χ0) is 13.1. The number of imidazole rings is 1. The van der Waals surface area contributed by atoms with Crippen LogP contribution in [0.25, 0.3) is 0 Å². The van der Waals surface area contributed by atoms with Crippen molar-refractivity contribution in [1.29, 1.82) is 0 Å². The Labute approximate surface area is 108 Å². The first kappa shape index (κ1) is 14.7. The highest BCUT2D eigenvalue weighted by atomic mass is 16.5. The first-order chi connectivity index (χ1) is 8.83. The molecule has 0 fully saturated rings. The second-order valence-corrected chi connectivity index (χ2v) is 4.03. The molecule has 0 aromatic carbocycles. The van der Waals surface area contributed by atoms with Gasteiger partial charge in [-0.15, -0.1) is 0 Å². The van der Waals surface area contributed by atoms with Crippen LogP contribution in [0.5, 0.6) is 0 Å². The fourth-order valence-corrected chi connectivity index (χ4v) is 1.52. The van der Waals surface area contributed by atoms with Crippen LogP contribution in [0.3, 0.4) is 0 Å². The highest BCUT2D eigenvalue weighted by Gasteiger charge is 1.98. The molecule has 1 aromatic heterocycles. The number of carbonyl (C=O) groups is 1. The molecule has 0 saturated heterocycles. The van der Waals surface area contributed by atoms with Crippen molar-refractivity contribution in [3.8, 4) is 0 Å². The average molecular weight is 254 g/mol. The van der Waals surface area contributed by atoms with Crippen LogP contribution in [-0.2, 0) is 16.1 Å². The number of amides is 1. The number of nitrogens with one attached hydrogen (secondary N) is 2. The van der Waals surface area contributed by atoms with E-state index in [2.05, 4.69) is 20.2 Å². The van der Waals surface area contributed by atoms with E-state index < -0.39 is 0 Å². The highest BCUT2D eigenvalue weighted by Crippen LogP contribution is 1.93. The van der Waals surface area contributed by atoms with Gasteiger partial charge in [-0.25, -0.2) is 4.98 Å². The lowest BCUT2D eigenvalue weighted by atomic mass is 10.3. The minimum absolute atomic E-state index is 0.0154. The van der Waals surface area contributed by atoms with Crippen molar-refractivity contribution in [1.82, 2.24) is 20.2 Å². The second-order valence-electron chi connectivity index (χ2n) is 4.03. The number of aryl methyl sites for hydroxylation is 1. The summed E-state index contributed by atoms with van der Waals surface area (Å²) in [5.74, 6) is 0.0154. The van der Waals surface area contributed by atoms with Crippen molar-refractivity contribution in [2.75, 3.05) is 33.4 Å². The van der Waals surface area contributed by atoms with Gasteiger partial charge in [0.1, 0.15) is 0 Å². The maximum Gasteiger partial charge on any atom is 0.234 e. The summed E-state index contributed by atoms with van der Waals surface area (Å²) in [6.45, 7) is 3.32. The van der Waals surface area contributed by atoms with Crippen molar-refractivity contribution in [3.63, 3.8) is 0 Å². The van der Waals surface area contributed by atoms with Gasteiger partial charge in [0.05, 0.1) is 19.5 Å². The normalized spacial score (nSPS) is 10.5.